The molecule has 1 N–H and O–H groups in total. The monoisotopic (exact) mass is 598 g/mol. The van der Waals surface area contributed by atoms with Crippen LogP contribution in [0.1, 0.15) is 16.8 Å². The minimum atomic E-state index is -4.60. The molecule has 0 saturated carbocycles. The number of rotatable bonds is 8. The summed E-state index contributed by atoms with van der Waals surface area (Å²) in [7, 11) is 0. The minimum Gasteiger partial charge on any atom is -0.325 e. The lowest BCUT2D eigenvalue weighted by Crippen LogP contribution is -2.33. The van der Waals surface area contributed by atoms with E-state index in [2.05, 4.69) is 10.4 Å². The molecule has 0 unspecified atom stereocenters. The fraction of sp³-hybridized carbons (Fsp3) is 0.0909. The molecule has 5 rings (SSSR count). The Bertz CT molecular complexity index is 1860. The van der Waals surface area contributed by atoms with Crippen LogP contribution < -0.4 is 5.32 Å². The van der Waals surface area contributed by atoms with E-state index in [1.54, 1.807) is 24.2 Å². The molecule has 0 saturated heterocycles. The summed E-state index contributed by atoms with van der Waals surface area (Å²) < 4.78 is 54.6. The molecular weight excluding hydrogens is 576 g/mol. The van der Waals surface area contributed by atoms with E-state index in [-0.39, 0.29) is 23.5 Å². The summed E-state index contributed by atoms with van der Waals surface area (Å²) in [6, 6.07) is 20.4. The number of hydrogen-bond acceptors (Lipinski definition) is 5. The zero-order valence-electron chi connectivity index (χ0n) is 22.8. The van der Waals surface area contributed by atoms with Crippen molar-refractivity contribution in [3.63, 3.8) is 0 Å². The van der Waals surface area contributed by atoms with Crippen molar-refractivity contribution in [3.8, 4) is 11.3 Å². The number of halogens is 4. The van der Waals surface area contributed by atoms with Crippen molar-refractivity contribution in [1.29, 1.82) is 0 Å². The summed E-state index contributed by atoms with van der Waals surface area (Å²) in [6.45, 7) is -0.556. The molecule has 3 aromatic carbocycles. The number of allylic oxidation sites excluding steroid dienone is 4. The molecule has 1 aromatic heterocycles. The van der Waals surface area contributed by atoms with Gasteiger partial charge in [-0.15, -0.1) is 0 Å². The Morgan fingerprint density at radius 1 is 0.909 bits per heavy atom. The number of hydrogen-bond donors (Lipinski definition) is 1. The van der Waals surface area contributed by atoms with Gasteiger partial charge < -0.3 is 10.2 Å². The lowest BCUT2D eigenvalue weighted by Gasteiger charge is -2.28. The van der Waals surface area contributed by atoms with Gasteiger partial charge in [-0.3, -0.25) is 9.48 Å². The van der Waals surface area contributed by atoms with Crippen molar-refractivity contribution < 1.29 is 31.9 Å². The van der Waals surface area contributed by atoms with Crippen LogP contribution in [0.2, 0.25) is 0 Å². The molecule has 11 heteroatoms. The first-order chi connectivity index (χ1) is 21.2. The predicted molar refractivity (Wildman–Crippen MR) is 156 cm³/mol. The SMILES string of the molecule is O=C=C(Cn1nc(-c2ccccc2)cc1C1=CC=CC(=C=O)N1CC(=O)Nc1cccc(C(F)(F)F)c1)c1ccc(F)cc1. The highest BCUT2D eigenvalue weighted by Crippen LogP contribution is 2.32. The van der Waals surface area contributed by atoms with Crippen LogP contribution in [0.5, 0.6) is 0 Å². The van der Waals surface area contributed by atoms with Crippen LogP contribution in [0, 0.1) is 5.82 Å². The smallest absolute Gasteiger partial charge is 0.325 e. The highest BCUT2D eigenvalue weighted by atomic mass is 19.4. The fourth-order valence-corrected chi connectivity index (χ4v) is 4.62. The first-order valence-corrected chi connectivity index (χ1v) is 13.2. The number of nitrogens with one attached hydrogen (secondary N) is 1. The van der Waals surface area contributed by atoms with Gasteiger partial charge in [0.2, 0.25) is 5.91 Å². The van der Waals surface area contributed by atoms with Gasteiger partial charge in [0.15, 0.2) is 5.94 Å². The Hall–Kier alpha value is -5.76. The summed E-state index contributed by atoms with van der Waals surface area (Å²) in [6.07, 6.45) is 0.0388. The van der Waals surface area contributed by atoms with E-state index >= 15 is 0 Å². The zero-order chi connectivity index (χ0) is 31.3. The van der Waals surface area contributed by atoms with Crippen LogP contribution in [-0.2, 0) is 27.1 Å². The molecule has 0 radical (unpaired) electrons. The largest absolute Gasteiger partial charge is 0.416 e. The number of carbonyl (C=O) groups excluding carboxylic acids is 3. The maximum atomic E-state index is 13.5. The first kappa shape index (κ1) is 29.7. The van der Waals surface area contributed by atoms with Crippen molar-refractivity contribution in [2.24, 2.45) is 0 Å². The zero-order valence-corrected chi connectivity index (χ0v) is 22.8. The molecular formula is C33H22F4N4O3. The van der Waals surface area contributed by atoms with Crippen molar-refractivity contribution in [2.45, 2.75) is 12.7 Å². The Morgan fingerprint density at radius 3 is 2.34 bits per heavy atom. The molecule has 44 heavy (non-hydrogen) atoms. The van der Waals surface area contributed by atoms with E-state index in [9.17, 15) is 31.9 Å². The minimum absolute atomic E-state index is 0.0135. The molecule has 0 bridgehead atoms. The molecule has 2 heterocycles. The van der Waals surface area contributed by atoms with Gasteiger partial charge in [-0.05, 0) is 54.1 Å². The van der Waals surface area contributed by atoms with Crippen molar-refractivity contribution in [3.05, 3.63) is 131 Å². The van der Waals surface area contributed by atoms with Crippen LogP contribution in [0.3, 0.4) is 0 Å². The maximum absolute atomic E-state index is 13.5. The lowest BCUT2D eigenvalue weighted by molar-refractivity contribution is -0.137. The summed E-state index contributed by atoms with van der Waals surface area (Å²) in [5.74, 6) is 2.52. The van der Waals surface area contributed by atoms with Gasteiger partial charge in [-0.2, -0.15) is 18.3 Å². The average Bonchev–Trinajstić information content (AvgIpc) is 3.44. The van der Waals surface area contributed by atoms with E-state index < -0.39 is 30.0 Å². The molecule has 0 atom stereocenters. The highest BCUT2D eigenvalue weighted by molar-refractivity contribution is 5.94. The van der Waals surface area contributed by atoms with E-state index in [1.165, 1.54) is 52.1 Å². The Balaban J connectivity index is 1.51. The van der Waals surface area contributed by atoms with Gasteiger partial charge in [0.1, 0.15) is 24.0 Å². The van der Waals surface area contributed by atoms with Crippen LogP contribution in [0.4, 0.5) is 23.2 Å². The molecule has 7 nitrogen and oxygen atoms in total. The summed E-state index contributed by atoms with van der Waals surface area (Å²) in [5, 5.41) is 7.14. The standard InChI is InChI=1S/C33H22F4N4O3/c34-26-14-12-22(13-15-26)24(20-42)18-41-31(17-29(39-41)23-6-2-1-3-7-23)30-11-5-10-28(21-43)40(30)19-32(44)38-27-9-4-8-25(16-27)33(35,36)37/h1-17H,18-19H2,(H,38,44). The van der Waals surface area contributed by atoms with E-state index in [0.717, 1.165) is 17.7 Å². The number of benzene rings is 3. The van der Waals surface area contributed by atoms with Crippen LogP contribution in [0.15, 0.2) is 109 Å². The second-order valence-electron chi connectivity index (χ2n) is 9.64. The van der Waals surface area contributed by atoms with Gasteiger partial charge in [-0.1, -0.05) is 54.6 Å². The molecule has 4 aromatic rings. The molecule has 220 valence electrons. The van der Waals surface area contributed by atoms with Crippen molar-refractivity contribution >= 4 is 34.7 Å². The third-order valence-corrected chi connectivity index (χ3v) is 6.71. The Labute approximate surface area is 248 Å². The van der Waals surface area contributed by atoms with Crippen LogP contribution >= 0.6 is 0 Å². The van der Waals surface area contributed by atoms with Gasteiger partial charge >= 0.3 is 6.18 Å². The average molecular weight is 599 g/mol. The summed E-state index contributed by atoms with van der Waals surface area (Å²) >= 11 is 0. The van der Waals surface area contributed by atoms with Crippen LogP contribution in [0.25, 0.3) is 22.5 Å². The molecule has 1 amide bonds. The Kier molecular flexibility index (Phi) is 8.53. The van der Waals surface area contributed by atoms with E-state index in [1.807, 2.05) is 36.3 Å². The Morgan fingerprint density at radius 2 is 1.66 bits per heavy atom. The molecule has 0 fully saturated rings. The number of anilines is 1. The van der Waals surface area contributed by atoms with Crippen LogP contribution in [-0.4, -0.2) is 39.0 Å². The number of amides is 1. The van der Waals surface area contributed by atoms with Crippen molar-refractivity contribution in [2.75, 3.05) is 11.9 Å². The third-order valence-electron chi connectivity index (χ3n) is 6.71. The fourth-order valence-electron chi connectivity index (χ4n) is 4.62. The van der Waals surface area contributed by atoms with Gasteiger partial charge in [0, 0.05) is 11.3 Å². The molecule has 1 aliphatic rings. The highest BCUT2D eigenvalue weighted by Gasteiger charge is 2.31. The third kappa shape index (κ3) is 6.65. The van der Waals surface area contributed by atoms with Gasteiger partial charge in [0.05, 0.1) is 34.8 Å². The van der Waals surface area contributed by atoms with Gasteiger partial charge in [0.25, 0.3) is 0 Å². The molecule has 1 aliphatic heterocycles. The van der Waals surface area contributed by atoms with E-state index in [4.69, 9.17) is 0 Å². The summed E-state index contributed by atoms with van der Waals surface area (Å²) in [4.78, 5) is 38.4. The molecule has 0 aliphatic carbocycles. The van der Waals surface area contributed by atoms with Crippen molar-refractivity contribution in [1.82, 2.24) is 14.7 Å². The number of alkyl halides is 3. The topological polar surface area (TPSA) is 84.3 Å². The molecule has 0 spiro atoms. The maximum Gasteiger partial charge on any atom is 0.416 e. The quantitative estimate of drug-likeness (QED) is 0.193. The number of carbonyl (C=O) groups is 1. The predicted octanol–water partition coefficient (Wildman–Crippen LogP) is 6.19. The second-order valence-corrected chi connectivity index (χ2v) is 9.64. The lowest BCUT2D eigenvalue weighted by atomic mass is 10.1. The summed E-state index contributed by atoms with van der Waals surface area (Å²) in [5.41, 5.74) is 1.59. The second kappa shape index (κ2) is 12.6. The number of nitrogens with zero attached hydrogens (tertiary/aromatic N) is 3. The van der Waals surface area contributed by atoms with Gasteiger partial charge in [-0.25, -0.2) is 14.0 Å². The first-order valence-electron chi connectivity index (χ1n) is 13.2. The number of aromatic nitrogens is 2. The normalized spacial score (nSPS) is 12.8. The van der Waals surface area contributed by atoms with E-state index in [0.29, 0.717) is 22.6 Å².